The van der Waals surface area contributed by atoms with Crippen LogP contribution in [0.25, 0.3) is 0 Å². The van der Waals surface area contributed by atoms with E-state index in [4.69, 9.17) is 0 Å². The van der Waals surface area contributed by atoms with Gasteiger partial charge in [-0.05, 0) is 47.9 Å². The van der Waals surface area contributed by atoms with Crippen LogP contribution in [-0.2, 0) is 0 Å². The lowest BCUT2D eigenvalue weighted by atomic mass is 10.3. The second kappa shape index (κ2) is 5.69. The first-order chi connectivity index (χ1) is 8.16. The van der Waals surface area contributed by atoms with E-state index in [1.807, 2.05) is 13.1 Å². The van der Waals surface area contributed by atoms with Gasteiger partial charge in [0.1, 0.15) is 5.69 Å². The summed E-state index contributed by atoms with van der Waals surface area (Å²) in [6.45, 7) is 4.12. The summed E-state index contributed by atoms with van der Waals surface area (Å²) in [5.41, 5.74) is 0.640. The fraction of sp³-hybridized carbons (Fsp3) is 0.583. The van der Waals surface area contributed by atoms with Gasteiger partial charge in [0.15, 0.2) is 0 Å². The van der Waals surface area contributed by atoms with Crippen molar-refractivity contribution in [2.24, 2.45) is 0 Å². The van der Waals surface area contributed by atoms with Crippen LogP contribution >= 0.6 is 15.9 Å². The number of likely N-dealkylation sites (N-methyl/N-ethyl adjacent to an activating group) is 1. The number of hydrogen-bond donors (Lipinski definition) is 1. The molecule has 1 aromatic heterocycles. The van der Waals surface area contributed by atoms with Gasteiger partial charge < -0.3 is 14.8 Å². The maximum absolute atomic E-state index is 12.0. The molecule has 2 rings (SSSR count). The van der Waals surface area contributed by atoms with Crippen LogP contribution < -0.4 is 0 Å². The third kappa shape index (κ3) is 3.33. The Bertz CT molecular complexity index is 385. The van der Waals surface area contributed by atoms with Gasteiger partial charge in [-0.2, -0.15) is 0 Å². The number of halogens is 1. The van der Waals surface area contributed by atoms with Gasteiger partial charge >= 0.3 is 0 Å². The molecular formula is C12H18BrN3O. The van der Waals surface area contributed by atoms with E-state index in [0.29, 0.717) is 5.69 Å². The number of carbonyl (C=O) groups is 1. The monoisotopic (exact) mass is 299 g/mol. The Labute approximate surface area is 110 Å². The van der Waals surface area contributed by atoms with E-state index >= 15 is 0 Å². The Hall–Kier alpha value is -0.810. The molecule has 0 radical (unpaired) electrons. The average molecular weight is 300 g/mol. The molecule has 1 amide bonds. The maximum atomic E-state index is 12.0. The summed E-state index contributed by atoms with van der Waals surface area (Å²) in [4.78, 5) is 19.2. The number of rotatable bonds is 4. The summed E-state index contributed by atoms with van der Waals surface area (Å²) in [5.74, 6) is 0.0508. The lowest BCUT2D eigenvalue weighted by molar-refractivity contribution is 0.0777. The largest absolute Gasteiger partial charge is 0.356 e. The zero-order valence-corrected chi connectivity index (χ0v) is 11.7. The SMILES string of the molecule is CN(CCN1CCCC1)C(=O)c1cc(Br)c[nH]1. The third-order valence-electron chi connectivity index (χ3n) is 3.18. The summed E-state index contributed by atoms with van der Waals surface area (Å²) in [5, 5.41) is 0. The summed E-state index contributed by atoms with van der Waals surface area (Å²) < 4.78 is 0.911. The molecule has 94 valence electrons. The van der Waals surface area contributed by atoms with Crippen LogP contribution in [0, 0.1) is 0 Å². The maximum Gasteiger partial charge on any atom is 0.270 e. The number of aromatic nitrogens is 1. The predicted molar refractivity (Wildman–Crippen MR) is 71.1 cm³/mol. The highest BCUT2D eigenvalue weighted by atomic mass is 79.9. The number of nitrogens with zero attached hydrogens (tertiary/aromatic N) is 2. The fourth-order valence-electron chi connectivity index (χ4n) is 2.10. The van der Waals surface area contributed by atoms with E-state index in [0.717, 1.165) is 17.6 Å². The Morgan fingerprint density at radius 1 is 1.53 bits per heavy atom. The molecule has 17 heavy (non-hydrogen) atoms. The van der Waals surface area contributed by atoms with Crippen molar-refractivity contribution in [2.45, 2.75) is 12.8 Å². The van der Waals surface area contributed by atoms with Gasteiger partial charge in [0.25, 0.3) is 5.91 Å². The molecule has 5 heteroatoms. The molecule has 0 aliphatic carbocycles. The van der Waals surface area contributed by atoms with Gasteiger partial charge in [0, 0.05) is 30.8 Å². The number of nitrogens with one attached hydrogen (secondary N) is 1. The van der Waals surface area contributed by atoms with Crippen LogP contribution in [0.15, 0.2) is 16.7 Å². The Morgan fingerprint density at radius 2 is 2.24 bits per heavy atom. The van der Waals surface area contributed by atoms with Crippen molar-refractivity contribution in [3.63, 3.8) is 0 Å². The number of H-pyrrole nitrogens is 1. The van der Waals surface area contributed by atoms with Gasteiger partial charge in [0.05, 0.1) is 0 Å². The highest BCUT2D eigenvalue weighted by Gasteiger charge is 2.16. The van der Waals surface area contributed by atoms with Crippen molar-refractivity contribution in [3.05, 3.63) is 22.4 Å². The number of aromatic amines is 1. The molecule has 0 saturated carbocycles. The van der Waals surface area contributed by atoms with Crippen molar-refractivity contribution < 1.29 is 4.79 Å². The van der Waals surface area contributed by atoms with Gasteiger partial charge in [-0.25, -0.2) is 0 Å². The van der Waals surface area contributed by atoms with Crippen LogP contribution in [0.3, 0.4) is 0 Å². The lowest BCUT2D eigenvalue weighted by Crippen LogP contribution is -2.35. The van der Waals surface area contributed by atoms with Crippen LogP contribution in [0.1, 0.15) is 23.3 Å². The zero-order valence-electron chi connectivity index (χ0n) is 10.1. The van der Waals surface area contributed by atoms with E-state index in [1.165, 1.54) is 25.9 Å². The summed E-state index contributed by atoms with van der Waals surface area (Å²) >= 11 is 3.33. The molecular weight excluding hydrogens is 282 g/mol. The molecule has 0 bridgehead atoms. The van der Waals surface area contributed by atoms with Crippen molar-refractivity contribution in [3.8, 4) is 0 Å². The number of carbonyl (C=O) groups excluding carboxylic acids is 1. The van der Waals surface area contributed by atoms with E-state index < -0.39 is 0 Å². The molecule has 0 unspecified atom stereocenters. The first kappa shape index (κ1) is 12.6. The van der Waals surface area contributed by atoms with Crippen molar-refractivity contribution in [1.29, 1.82) is 0 Å². The molecule has 1 aliphatic rings. The smallest absolute Gasteiger partial charge is 0.270 e. The summed E-state index contributed by atoms with van der Waals surface area (Å²) in [6, 6.07) is 1.81. The minimum atomic E-state index is 0.0508. The lowest BCUT2D eigenvalue weighted by Gasteiger charge is -2.21. The molecule has 1 saturated heterocycles. The molecule has 0 atom stereocenters. The average Bonchev–Trinajstić information content (AvgIpc) is 2.95. The van der Waals surface area contributed by atoms with Crippen molar-refractivity contribution >= 4 is 21.8 Å². The van der Waals surface area contributed by atoms with Crippen LogP contribution in [0.4, 0.5) is 0 Å². The van der Waals surface area contributed by atoms with Gasteiger partial charge in [-0.15, -0.1) is 0 Å². The third-order valence-corrected chi connectivity index (χ3v) is 3.63. The molecule has 1 fully saturated rings. The standard InChI is InChI=1S/C12H18BrN3O/c1-15(6-7-16-4-2-3-5-16)12(17)11-8-10(13)9-14-11/h8-9,14H,2-7H2,1H3. The van der Waals surface area contributed by atoms with E-state index in [-0.39, 0.29) is 5.91 Å². The quantitative estimate of drug-likeness (QED) is 0.923. The van der Waals surface area contributed by atoms with Crippen LogP contribution in [-0.4, -0.2) is 53.9 Å². The second-order valence-corrected chi connectivity index (χ2v) is 5.42. The molecule has 1 N–H and O–H groups in total. The predicted octanol–water partition coefficient (Wildman–Crippen LogP) is 1.94. The Balaban J connectivity index is 1.82. The van der Waals surface area contributed by atoms with E-state index in [2.05, 4.69) is 25.8 Å². The highest BCUT2D eigenvalue weighted by molar-refractivity contribution is 9.10. The van der Waals surface area contributed by atoms with Gasteiger partial charge in [0.2, 0.25) is 0 Å². The molecule has 1 aliphatic heterocycles. The number of amides is 1. The molecule has 0 spiro atoms. The van der Waals surface area contributed by atoms with Crippen LogP contribution in [0.5, 0.6) is 0 Å². The summed E-state index contributed by atoms with van der Waals surface area (Å²) in [7, 11) is 1.85. The minimum Gasteiger partial charge on any atom is -0.356 e. The topological polar surface area (TPSA) is 39.3 Å². The van der Waals surface area contributed by atoms with Crippen molar-refractivity contribution in [1.82, 2.24) is 14.8 Å². The zero-order chi connectivity index (χ0) is 12.3. The van der Waals surface area contributed by atoms with Gasteiger partial charge in [-0.3, -0.25) is 4.79 Å². The Morgan fingerprint density at radius 3 is 2.82 bits per heavy atom. The number of likely N-dealkylation sites (tertiary alicyclic amines) is 1. The Kier molecular flexibility index (Phi) is 4.23. The fourth-order valence-corrected chi connectivity index (χ4v) is 2.44. The molecule has 1 aromatic rings. The van der Waals surface area contributed by atoms with Crippen molar-refractivity contribution in [2.75, 3.05) is 33.2 Å². The minimum absolute atomic E-state index is 0.0508. The van der Waals surface area contributed by atoms with E-state index in [9.17, 15) is 4.79 Å². The molecule has 0 aromatic carbocycles. The second-order valence-electron chi connectivity index (χ2n) is 4.51. The summed E-state index contributed by atoms with van der Waals surface area (Å²) in [6.07, 6.45) is 4.37. The van der Waals surface area contributed by atoms with E-state index in [1.54, 1.807) is 11.1 Å². The normalized spacial score (nSPS) is 16.4. The highest BCUT2D eigenvalue weighted by Crippen LogP contribution is 2.12. The first-order valence-corrected chi connectivity index (χ1v) is 6.78. The molecule has 2 heterocycles. The van der Waals surface area contributed by atoms with Crippen LogP contribution in [0.2, 0.25) is 0 Å². The van der Waals surface area contributed by atoms with Gasteiger partial charge in [-0.1, -0.05) is 0 Å². The first-order valence-electron chi connectivity index (χ1n) is 5.98. The molecule has 4 nitrogen and oxygen atoms in total. The number of hydrogen-bond acceptors (Lipinski definition) is 2.